The van der Waals surface area contributed by atoms with Gasteiger partial charge in [-0.3, -0.25) is 4.79 Å². The Morgan fingerprint density at radius 3 is 2.60 bits per heavy atom. The number of hydrogen-bond donors (Lipinski definition) is 2. The number of rotatable bonds is 6. The smallest absolute Gasteiger partial charge is 0.253 e. The summed E-state index contributed by atoms with van der Waals surface area (Å²) in [6, 6.07) is 7.66. The number of H-pyrrole nitrogens is 1. The number of ether oxygens (including phenoxy) is 1. The van der Waals surface area contributed by atoms with E-state index in [1.807, 2.05) is 31.2 Å². The van der Waals surface area contributed by atoms with Crippen LogP contribution in [0, 0.1) is 0 Å². The third kappa shape index (κ3) is 5.35. The number of nitrogens with zero attached hydrogens (tertiary/aromatic N) is 3. The van der Waals surface area contributed by atoms with Crippen LogP contribution in [0.3, 0.4) is 0 Å². The van der Waals surface area contributed by atoms with Gasteiger partial charge in [-0.05, 0) is 37.5 Å². The molecule has 1 aliphatic rings. The lowest BCUT2D eigenvalue weighted by atomic mass is 10.1. The fourth-order valence-electron chi connectivity index (χ4n) is 3.12. The number of nitrogens with one attached hydrogen (secondary N) is 2. The van der Waals surface area contributed by atoms with E-state index in [0.717, 1.165) is 24.1 Å². The number of tetrazole rings is 1. The Kier molecular flexibility index (Phi) is 6.11. The molecule has 134 valence electrons. The van der Waals surface area contributed by atoms with Crippen LogP contribution < -0.4 is 5.32 Å². The van der Waals surface area contributed by atoms with Crippen LogP contribution in [0.25, 0.3) is 0 Å². The lowest BCUT2D eigenvalue weighted by Gasteiger charge is -2.20. The Hall–Kier alpha value is -2.28. The lowest BCUT2D eigenvalue weighted by Crippen LogP contribution is -2.31. The maximum Gasteiger partial charge on any atom is 0.253 e. The van der Waals surface area contributed by atoms with Gasteiger partial charge >= 0.3 is 0 Å². The Bertz CT molecular complexity index is 649. The Balaban J connectivity index is 1.49. The molecule has 0 unspecified atom stereocenters. The molecule has 1 heterocycles. The SMILES string of the molecule is C[C@@H](OC1CCCCCC1)C(=O)Nc1ccc(Cc2nn[nH]n2)cc1. The normalized spacial score (nSPS) is 17.0. The van der Waals surface area contributed by atoms with Gasteiger partial charge in [0.2, 0.25) is 0 Å². The van der Waals surface area contributed by atoms with Crippen LogP contribution in [0.4, 0.5) is 5.69 Å². The molecule has 1 aliphatic carbocycles. The molecule has 0 radical (unpaired) electrons. The molecule has 0 bridgehead atoms. The number of anilines is 1. The maximum absolute atomic E-state index is 12.3. The van der Waals surface area contributed by atoms with Gasteiger partial charge < -0.3 is 10.1 Å². The molecule has 1 aromatic carbocycles. The van der Waals surface area contributed by atoms with Crippen molar-refractivity contribution in [3.05, 3.63) is 35.7 Å². The average molecular weight is 343 g/mol. The van der Waals surface area contributed by atoms with Crippen molar-refractivity contribution >= 4 is 11.6 Å². The minimum atomic E-state index is -0.442. The minimum absolute atomic E-state index is 0.102. The van der Waals surface area contributed by atoms with Gasteiger partial charge in [-0.15, -0.1) is 10.2 Å². The number of amides is 1. The summed E-state index contributed by atoms with van der Waals surface area (Å²) in [6.07, 6.45) is 7.42. The first-order valence-corrected chi connectivity index (χ1v) is 8.98. The number of aromatic amines is 1. The molecular weight excluding hydrogens is 318 g/mol. The minimum Gasteiger partial charge on any atom is -0.365 e. The molecule has 0 spiro atoms. The van der Waals surface area contributed by atoms with Crippen LogP contribution in [0.2, 0.25) is 0 Å². The molecule has 2 N–H and O–H groups in total. The zero-order valence-corrected chi connectivity index (χ0v) is 14.6. The molecule has 1 fully saturated rings. The van der Waals surface area contributed by atoms with E-state index in [1.165, 1.54) is 25.7 Å². The molecule has 7 heteroatoms. The quantitative estimate of drug-likeness (QED) is 0.787. The maximum atomic E-state index is 12.3. The van der Waals surface area contributed by atoms with Crippen molar-refractivity contribution < 1.29 is 9.53 Å². The van der Waals surface area contributed by atoms with E-state index in [0.29, 0.717) is 12.2 Å². The van der Waals surface area contributed by atoms with Gasteiger partial charge in [0.1, 0.15) is 6.10 Å². The summed E-state index contributed by atoms with van der Waals surface area (Å²) in [5.74, 6) is 0.539. The predicted octanol–water partition coefficient (Wildman–Crippen LogP) is 2.86. The van der Waals surface area contributed by atoms with Crippen molar-refractivity contribution in [2.24, 2.45) is 0 Å². The third-order valence-corrected chi connectivity index (χ3v) is 4.54. The molecule has 0 saturated heterocycles. The summed E-state index contributed by atoms with van der Waals surface area (Å²) in [4.78, 5) is 12.3. The van der Waals surface area contributed by atoms with Gasteiger partial charge in [0.05, 0.1) is 6.10 Å². The van der Waals surface area contributed by atoms with E-state index in [-0.39, 0.29) is 12.0 Å². The largest absolute Gasteiger partial charge is 0.365 e. The predicted molar refractivity (Wildman–Crippen MR) is 94.1 cm³/mol. The van der Waals surface area contributed by atoms with E-state index in [1.54, 1.807) is 0 Å². The molecular formula is C18H25N5O2. The molecule has 2 aromatic rings. The van der Waals surface area contributed by atoms with E-state index in [4.69, 9.17) is 4.74 Å². The fourth-order valence-corrected chi connectivity index (χ4v) is 3.12. The van der Waals surface area contributed by atoms with Crippen molar-refractivity contribution in [1.29, 1.82) is 0 Å². The van der Waals surface area contributed by atoms with Crippen LogP contribution in [0.5, 0.6) is 0 Å². The Morgan fingerprint density at radius 1 is 1.24 bits per heavy atom. The number of carbonyl (C=O) groups excluding carboxylic acids is 1. The molecule has 7 nitrogen and oxygen atoms in total. The summed E-state index contributed by atoms with van der Waals surface area (Å²) < 4.78 is 5.96. The first-order valence-electron chi connectivity index (χ1n) is 8.98. The molecule has 1 aromatic heterocycles. The second kappa shape index (κ2) is 8.71. The standard InChI is InChI=1S/C18H25N5O2/c1-13(25-16-6-4-2-3-5-7-16)18(24)19-15-10-8-14(9-11-15)12-17-20-22-23-21-17/h8-11,13,16H,2-7,12H2,1H3,(H,19,24)(H,20,21,22,23)/t13-/m1/s1. The number of benzene rings is 1. The van der Waals surface area contributed by atoms with Gasteiger partial charge in [0.15, 0.2) is 5.82 Å². The first-order chi connectivity index (χ1) is 12.2. The highest BCUT2D eigenvalue weighted by Gasteiger charge is 2.20. The van der Waals surface area contributed by atoms with Gasteiger partial charge in [0, 0.05) is 12.1 Å². The lowest BCUT2D eigenvalue weighted by molar-refractivity contribution is -0.130. The van der Waals surface area contributed by atoms with Gasteiger partial charge in [-0.25, -0.2) is 0 Å². The van der Waals surface area contributed by atoms with Crippen LogP contribution >= 0.6 is 0 Å². The van der Waals surface area contributed by atoms with E-state index < -0.39 is 6.10 Å². The van der Waals surface area contributed by atoms with Gasteiger partial charge in [-0.1, -0.05) is 43.0 Å². The topological polar surface area (TPSA) is 92.8 Å². The van der Waals surface area contributed by atoms with Crippen molar-refractivity contribution in [2.75, 3.05) is 5.32 Å². The van der Waals surface area contributed by atoms with E-state index in [2.05, 4.69) is 25.9 Å². The molecule has 25 heavy (non-hydrogen) atoms. The van der Waals surface area contributed by atoms with E-state index in [9.17, 15) is 4.79 Å². The second-order valence-corrected chi connectivity index (χ2v) is 6.58. The first kappa shape index (κ1) is 17.5. The molecule has 1 atom stereocenters. The summed E-state index contributed by atoms with van der Waals surface area (Å²) in [7, 11) is 0. The van der Waals surface area contributed by atoms with Gasteiger partial charge in [-0.2, -0.15) is 5.21 Å². The number of hydrogen-bond acceptors (Lipinski definition) is 5. The van der Waals surface area contributed by atoms with Crippen LogP contribution in [-0.4, -0.2) is 38.7 Å². The fraction of sp³-hybridized carbons (Fsp3) is 0.556. The highest BCUT2D eigenvalue weighted by atomic mass is 16.5. The molecule has 1 saturated carbocycles. The summed E-state index contributed by atoms with van der Waals surface area (Å²) in [5.41, 5.74) is 1.82. The second-order valence-electron chi connectivity index (χ2n) is 6.58. The van der Waals surface area contributed by atoms with Crippen molar-refractivity contribution in [2.45, 2.75) is 64.1 Å². The summed E-state index contributed by atoms with van der Waals surface area (Å²) in [6.45, 7) is 1.82. The Morgan fingerprint density at radius 2 is 1.96 bits per heavy atom. The summed E-state index contributed by atoms with van der Waals surface area (Å²) in [5, 5.41) is 16.8. The molecule has 0 aliphatic heterocycles. The zero-order valence-electron chi connectivity index (χ0n) is 14.6. The van der Waals surface area contributed by atoms with Crippen molar-refractivity contribution in [3.63, 3.8) is 0 Å². The molecule has 3 rings (SSSR count). The van der Waals surface area contributed by atoms with Crippen LogP contribution in [0.1, 0.15) is 56.8 Å². The number of aromatic nitrogens is 4. The van der Waals surface area contributed by atoms with Crippen LogP contribution in [-0.2, 0) is 16.0 Å². The summed E-state index contributed by atoms with van der Waals surface area (Å²) >= 11 is 0. The average Bonchev–Trinajstić information content (AvgIpc) is 2.99. The molecule has 1 amide bonds. The van der Waals surface area contributed by atoms with Crippen molar-refractivity contribution in [1.82, 2.24) is 20.6 Å². The Labute approximate surface area is 147 Å². The highest BCUT2D eigenvalue weighted by Crippen LogP contribution is 2.21. The van der Waals surface area contributed by atoms with E-state index >= 15 is 0 Å². The van der Waals surface area contributed by atoms with Crippen LogP contribution in [0.15, 0.2) is 24.3 Å². The van der Waals surface area contributed by atoms with Gasteiger partial charge in [0.25, 0.3) is 5.91 Å². The van der Waals surface area contributed by atoms with Crippen molar-refractivity contribution in [3.8, 4) is 0 Å². The number of carbonyl (C=O) groups is 1. The zero-order chi connectivity index (χ0) is 17.5. The monoisotopic (exact) mass is 343 g/mol. The highest BCUT2D eigenvalue weighted by molar-refractivity contribution is 5.93. The third-order valence-electron chi connectivity index (χ3n) is 4.54.